The Morgan fingerprint density at radius 3 is 2.07 bits per heavy atom. The van der Waals surface area contributed by atoms with Gasteiger partial charge in [-0.25, -0.2) is 0 Å². The number of ether oxygens (including phenoxy) is 4. The first kappa shape index (κ1) is 21.4. The zero-order valence-electron chi connectivity index (χ0n) is 17.6. The SMILES string of the molecule is COc1cc(CNC(=O)[C@H](C)Oc2cc(C)cc(C)c2C)cc(OC)c1OC. The summed E-state index contributed by atoms with van der Waals surface area (Å²) in [5, 5.41) is 2.89. The van der Waals surface area contributed by atoms with E-state index in [1.54, 1.807) is 40.4 Å². The molecule has 28 heavy (non-hydrogen) atoms. The van der Waals surface area contributed by atoms with Crippen molar-refractivity contribution in [1.29, 1.82) is 0 Å². The zero-order valence-corrected chi connectivity index (χ0v) is 17.6. The first-order valence-electron chi connectivity index (χ1n) is 9.11. The minimum Gasteiger partial charge on any atom is -0.493 e. The molecular weight excluding hydrogens is 358 g/mol. The van der Waals surface area contributed by atoms with E-state index in [0.717, 1.165) is 28.0 Å². The van der Waals surface area contributed by atoms with Gasteiger partial charge in [0.2, 0.25) is 5.75 Å². The van der Waals surface area contributed by atoms with Crippen LogP contribution in [0.15, 0.2) is 24.3 Å². The molecule has 152 valence electrons. The summed E-state index contributed by atoms with van der Waals surface area (Å²) in [5.74, 6) is 2.13. The number of benzene rings is 2. The van der Waals surface area contributed by atoms with E-state index in [2.05, 4.69) is 11.4 Å². The minimum absolute atomic E-state index is 0.202. The van der Waals surface area contributed by atoms with E-state index in [0.29, 0.717) is 23.8 Å². The first-order chi connectivity index (χ1) is 13.3. The molecule has 0 aliphatic carbocycles. The van der Waals surface area contributed by atoms with Crippen molar-refractivity contribution in [1.82, 2.24) is 5.32 Å². The standard InChI is InChI=1S/C22H29NO5/c1-13-8-14(2)15(3)18(9-13)28-16(4)22(24)23-12-17-10-19(25-5)21(27-7)20(11-17)26-6/h8-11,16H,12H2,1-7H3,(H,23,24)/t16-/m0/s1. The van der Waals surface area contributed by atoms with Crippen LogP contribution in [0.5, 0.6) is 23.0 Å². The quantitative estimate of drug-likeness (QED) is 0.748. The Morgan fingerprint density at radius 2 is 1.54 bits per heavy atom. The van der Waals surface area contributed by atoms with Gasteiger partial charge in [0.1, 0.15) is 5.75 Å². The lowest BCUT2D eigenvalue weighted by molar-refractivity contribution is -0.127. The lowest BCUT2D eigenvalue weighted by Crippen LogP contribution is -2.36. The molecule has 2 rings (SSSR count). The molecule has 0 radical (unpaired) electrons. The van der Waals surface area contributed by atoms with Crippen LogP contribution in [0.4, 0.5) is 0 Å². The third kappa shape index (κ3) is 4.88. The molecule has 1 amide bonds. The Hall–Kier alpha value is -2.89. The van der Waals surface area contributed by atoms with Gasteiger partial charge in [-0.15, -0.1) is 0 Å². The average Bonchev–Trinajstić information content (AvgIpc) is 2.68. The van der Waals surface area contributed by atoms with Crippen LogP contribution >= 0.6 is 0 Å². The molecule has 0 bridgehead atoms. The number of aryl methyl sites for hydroxylation is 2. The van der Waals surface area contributed by atoms with Crippen molar-refractivity contribution in [2.75, 3.05) is 21.3 Å². The van der Waals surface area contributed by atoms with Crippen molar-refractivity contribution in [2.24, 2.45) is 0 Å². The van der Waals surface area contributed by atoms with Crippen LogP contribution in [0, 0.1) is 20.8 Å². The van der Waals surface area contributed by atoms with Gasteiger partial charge in [0.15, 0.2) is 17.6 Å². The van der Waals surface area contributed by atoms with Gasteiger partial charge in [-0.3, -0.25) is 4.79 Å². The molecular formula is C22H29NO5. The van der Waals surface area contributed by atoms with Crippen LogP contribution in [-0.2, 0) is 11.3 Å². The van der Waals surface area contributed by atoms with Crippen molar-refractivity contribution >= 4 is 5.91 Å². The summed E-state index contributed by atoms with van der Waals surface area (Å²) in [6.45, 7) is 8.08. The molecule has 6 heteroatoms. The van der Waals surface area contributed by atoms with Gasteiger partial charge in [-0.1, -0.05) is 6.07 Å². The highest BCUT2D eigenvalue weighted by atomic mass is 16.5. The maximum Gasteiger partial charge on any atom is 0.261 e. The fraction of sp³-hybridized carbons (Fsp3) is 0.409. The van der Waals surface area contributed by atoms with Gasteiger partial charge in [0.05, 0.1) is 21.3 Å². The van der Waals surface area contributed by atoms with E-state index in [4.69, 9.17) is 18.9 Å². The zero-order chi connectivity index (χ0) is 20.8. The third-order valence-electron chi connectivity index (χ3n) is 4.63. The molecule has 0 saturated heterocycles. The number of rotatable bonds is 8. The molecule has 1 N–H and O–H groups in total. The lowest BCUT2D eigenvalue weighted by atomic mass is 10.1. The van der Waals surface area contributed by atoms with E-state index >= 15 is 0 Å². The molecule has 0 fully saturated rings. The van der Waals surface area contributed by atoms with Crippen LogP contribution in [-0.4, -0.2) is 33.3 Å². The Balaban J connectivity index is 2.07. The summed E-state index contributed by atoms with van der Waals surface area (Å²) in [7, 11) is 4.67. The third-order valence-corrected chi connectivity index (χ3v) is 4.63. The fourth-order valence-electron chi connectivity index (χ4n) is 2.94. The number of methoxy groups -OCH3 is 3. The molecule has 2 aromatic rings. The average molecular weight is 387 g/mol. The maximum absolute atomic E-state index is 12.5. The molecule has 0 spiro atoms. The van der Waals surface area contributed by atoms with E-state index in [1.807, 2.05) is 26.8 Å². The molecule has 2 aromatic carbocycles. The van der Waals surface area contributed by atoms with Crippen molar-refractivity contribution in [3.63, 3.8) is 0 Å². The molecule has 0 aliphatic heterocycles. The van der Waals surface area contributed by atoms with Crippen molar-refractivity contribution in [3.8, 4) is 23.0 Å². The van der Waals surface area contributed by atoms with Crippen LogP contribution < -0.4 is 24.3 Å². The molecule has 0 unspecified atom stereocenters. The second kappa shape index (κ2) is 9.35. The minimum atomic E-state index is -0.623. The molecule has 1 atom stereocenters. The number of amides is 1. The number of nitrogens with one attached hydrogen (secondary N) is 1. The highest BCUT2D eigenvalue weighted by Crippen LogP contribution is 2.38. The van der Waals surface area contributed by atoms with Gasteiger partial charge < -0.3 is 24.3 Å². The second-order valence-electron chi connectivity index (χ2n) is 6.72. The van der Waals surface area contributed by atoms with Crippen molar-refractivity contribution < 1.29 is 23.7 Å². The monoisotopic (exact) mass is 387 g/mol. The summed E-state index contributed by atoms with van der Waals surface area (Å²) in [4.78, 5) is 12.5. The van der Waals surface area contributed by atoms with E-state index < -0.39 is 6.10 Å². The number of carbonyl (C=O) groups is 1. The highest BCUT2D eigenvalue weighted by Gasteiger charge is 2.18. The number of hydrogen-bond acceptors (Lipinski definition) is 5. The molecule has 0 heterocycles. The smallest absolute Gasteiger partial charge is 0.261 e. The molecule has 0 aliphatic rings. The Kier molecular flexibility index (Phi) is 7.15. The largest absolute Gasteiger partial charge is 0.493 e. The lowest BCUT2D eigenvalue weighted by Gasteiger charge is -2.18. The Labute approximate surface area is 166 Å². The van der Waals surface area contributed by atoms with E-state index in [1.165, 1.54) is 0 Å². The summed E-state index contributed by atoms with van der Waals surface area (Å²) in [6.07, 6.45) is -0.623. The van der Waals surface area contributed by atoms with Gasteiger partial charge in [0, 0.05) is 6.54 Å². The van der Waals surface area contributed by atoms with Crippen LogP contribution in [0.1, 0.15) is 29.2 Å². The fourth-order valence-corrected chi connectivity index (χ4v) is 2.94. The first-order valence-corrected chi connectivity index (χ1v) is 9.11. The predicted molar refractivity (Wildman–Crippen MR) is 109 cm³/mol. The second-order valence-corrected chi connectivity index (χ2v) is 6.72. The van der Waals surface area contributed by atoms with E-state index in [9.17, 15) is 4.79 Å². The Bertz CT molecular complexity index is 822. The van der Waals surface area contributed by atoms with Gasteiger partial charge in [0.25, 0.3) is 5.91 Å². The maximum atomic E-state index is 12.5. The molecule has 0 aromatic heterocycles. The highest BCUT2D eigenvalue weighted by molar-refractivity contribution is 5.80. The van der Waals surface area contributed by atoms with Gasteiger partial charge in [-0.2, -0.15) is 0 Å². The molecule has 0 saturated carbocycles. The van der Waals surface area contributed by atoms with Crippen LogP contribution in [0.2, 0.25) is 0 Å². The van der Waals surface area contributed by atoms with Crippen molar-refractivity contribution in [3.05, 3.63) is 46.5 Å². The predicted octanol–water partition coefficient (Wildman–Crippen LogP) is 3.72. The summed E-state index contributed by atoms with van der Waals surface area (Å²) in [6, 6.07) is 7.66. The summed E-state index contributed by atoms with van der Waals surface area (Å²) in [5.41, 5.74) is 4.11. The molecule has 6 nitrogen and oxygen atoms in total. The van der Waals surface area contributed by atoms with Crippen LogP contribution in [0.3, 0.4) is 0 Å². The normalized spacial score (nSPS) is 11.5. The van der Waals surface area contributed by atoms with Crippen molar-refractivity contribution in [2.45, 2.75) is 40.3 Å². The van der Waals surface area contributed by atoms with Gasteiger partial charge in [-0.05, 0) is 68.1 Å². The van der Waals surface area contributed by atoms with Crippen LogP contribution in [0.25, 0.3) is 0 Å². The summed E-state index contributed by atoms with van der Waals surface area (Å²) >= 11 is 0. The number of carbonyl (C=O) groups excluding carboxylic acids is 1. The van der Waals surface area contributed by atoms with E-state index in [-0.39, 0.29) is 5.91 Å². The Morgan fingerprint density at radius 1 is 0.929 bits per heavy atom. The topological polar surface area (TPSA) is 66.0 Å². The van der Waals surface area contributed by atoms with Gasteiger partial charge >= 0.3 is 0 Å². The number of hydrogen-bond donors (Lipinski definition) is 1. The summed E-state index contributed by atoms with van der Waals surface area (Å²) < 4.78 is 21.9.